The fourth-order valence-electron chi connectivity index (χ4n) is 2.96. The van der Waals surface area contributed by atoms with Crippen molar-refractivity contribution in [3.05, 3.63) is 78.6 Å². The lowest BCUT2D eigenvalue weighted by atomic mass is 10.1. The van der Waals surface area contributed by atoms with E-state index in [-0.39, 0.29) is 6.04 Å². The molecule has 3 aromatic rings. The summed E-state index contributed by atoms with van der Waals surface area (Å²) in [4.78, 5) is 28.5. The van der Waals surface area contributed by atoms with Crippen LogP contribution in [-0.4, -0.2) is 27.9 Å². The fraction of sp³-hybridized carbons (Fsp3) is 0.227. The van der Waals surface area contributed by atoms with Crippen LogP contribution >= 0.6 is 0 Å². The Hall–Kier alpha value is -3.41. The van der Waals surface area contributed by atoms with Crippen molar-refractivity contribution in [3.8, 4) is 11.4 Å². The summed E-state index contributed by atoms with van der Waals surface area (Å²) in [6, 6.07) is 19.3. The molecule has 0 unspecified atom stereocenters. The van der Waals surface area contributed by atoms with Crippen LogP contribution in [0.3, 0.4) is 0 Å². The van der Waals surface area contributed by atoms with Gasteiger partial charge in [0.15, 0.2) is 0 Å². The second-order valence-electron chi connectivity index (χ2n) is 6.53. The van der Waals surface area contributed by atoms with Crippen LogP contribution < -0.4 is 10.6 Å². The highest BCUT2D eigenvalue weighted by molar-refractivity contribution is 6.35. The van der Waals surface area contributed by atoms with Gasteiger partial charge < -0.3 is 15.2 Å². The maximum atomic E-state index is 12.1. The zero-order valence-corrected chi connectivity index (χ0v) is 15.8. The van der Waals surface area contributed by atoms with Gasteiger partial charge in [-0.2, -0.15) is 0 Å². The summed E-state index contributed by atoms with van der Waals surface area (Å²) in [6.45, 7) is 2.97. The van der Waals surface area contributed by atoms with Crippen LogP contribution in [0.1, 0.15) is 24.9 Å². The van der Waals surface area contributed by atoms with Crippen LogP contribution in [0.2, 0.25) is 0 Å². The summed E-state index contributed by atoms with van der Waals surface area (Å²) in [5.41, 5.74) is 2.00. The first kappa shape index (κ1) is 19.4. The maximum Gasteiger partial charge on any atom is 0.309 e. The third-order valence-electron chi connectivity index (χ3n) is 4.46. The number of aromatic nitrogens is 2. The Balaban J connectivity index is 1.44. The summed E-state index contributed by atoms with van der Waals surface area (Å²) in [5, 5.41) is 5.39. The number of imidazole rings is 1. The first-order chi connectivity index (χ1) is 13.6. The quantitative estimate of drug-likeness (QED) is 0.492. The number of carbonyl (C=O) groups is 2. The first-order valence-electron chi connectivity index (χ1n) is 9.35. The van der Waals surface area contributed by atoms with Crippen LogP contribution in [0.4, 0.5) is 0 Å². The van der Waals surface area contributed by atoms with Crippen molar-refractivity contribution in [2.24, 2.45) is 0 Å². The molecule has 6 heteroatoms. The molecule has 0 aliphatic carbocycles. The molecule has 0 fully saturated rings. The van der Waals surface area contributed by atoms with Crippen LogP contribution in [0.15, 0.2) is 73.1 Å². The van der Waals surface area contributed by atoms with Crippen molar-refractivity contribution in [3.63, 3.8) is 0 Å². The highest BCUT2D eigenvalue weighted by atomic mass is 16.2. The Kier molecular flexibility index (Phi) is 6.57. The summed E-state index contributed by atoms with van der Waals surface area (Å²) < 4.78 is 2.04. The van der Waals surface area contributed by atoms with Gasteiger partial charge in [0, 0.05) is 31.0 Å². The Bertz CT molecular complexity index is 907. The Morgan fingerprint density at radius 1 is 1.00 bits per heavy atom. The van der Waals surface area contributed by atoms with Gasteiger partial charge in [-0.1, -0.05) is 60.7 Å². The minimum atomic E-state index is -0.621. The van der Waals surface area contributed by atoms with Crippen molar-refractivity contribution < 1.29 is 9.59 Å². The van der Waals surface area contributed by atoms with Gasteiger partial charge in [0.2, 0.25) is 0 Å². The molecule has 1 heterocycles. The molecule has 0 bridgehead atoms. The number of hydrogen-bond acceptors (Lipinski definition) is 3. The third kappa shape index (κ3) is 5.07. The number of hydrogen-bond donors (Lipinski definition) is 2. The van der Waals surface area contributed by atoms with Gasteiger partial charge in [0.25, 0.3) is 0 Å². The zero-order valence-electron chi connectivity index (χ0n) is 15.8. The predicted molar refractivity (Wildman–Crippen MR) is 108 cm³/mol. The van der Waals surface area contributed by atoms with Crippen molar-refractivity contribution in [2.45, 2.75) is 25.9 Å². The van der Waals surface area contributed by atoms with Gasteiger partial charge in [-0.25, -0.2) is 4.98 Å². The molecule has 2 N–H and O–H groups in total. The molecule has 144 valence electrons. The molecule has 6 nitrogen and oxygen atoms in total. The highest BCUT2D eigenvalue weighted by Crippen LogP contribution is 2.16. The van der Waals surface area contributed by atoms with Crippen LogP contribution in [0, 0.1) is 0 Å². The molecule has 2 amide bonds. The molecular weight excluding hydrogens is 352 g/mol. The lowest BCUT2D eigenvalue weighted by Gasteiger charge is -2.14. The number of nitrogens with one attached hydrogen (secondary N) is 2. The highest BCUT2D eigenvalue weighted by Gasteiger charge is 2.16. The molecule has 1 atom stereocenters. The summed E-state index contributed by atoms with van der Waals surface area (Å²) in [5.74, 6) is -0.345. The topological polar surface area (TPSA) is 76.0 Å². The molecule has 2 aromatic carbocycles. The van der Waals surface area contributed by atoms with Crippen molar-refractivity contribution in [2.75, 3.05) is 6.54 Å². The lowest BCUT2D eigenvalue weighted by molar-refractivity contribution is -0.139. The van der Waals surface area contributed by atoms with E-state index in [2.05, 4.69) is 15.6 Å². The number of amides is 2. The molecule has 0 saturated heterocycles. The van der Waals surface area contributed by atoms with E-state index < -0.39 is 11.8 Å². The minimum Gasteiger partial charge on any atom is -0.348 e. The van der Waals surface area contributed by atoms with E-state index >= 15 is 0 Å². The number of nitrogens with zero attached hydrogens (tertiary/aromatic N) is 2. The lowest BCUT2D eigenvalue weighted by Crippen LogP contribution is -2.41. The van der Waals surface area contributed by atoms with E-state index in [1.807, 2.05) is 78.4 Å². The minimum absolute atomic E-state index is 0.223. The number of rotatable bonds is 7. The van der Waals surface area contributed by atoms with Gasteiger partial charge in [-0.3, -0.25) is 9.59 Å². The van der Waals surface area contributed by atoms with Crippen molar-refractivity contribution in [1.29, 1.82) is 0 Å². The molecule has 0 radical (unpaired) electrons. The number of benzene rings is 2. The predicted octanol–water partition coefficient (Wildman–Crippen LogP) is 2.93. The van der Waals surface area contributed by atoms with E-state index in [0.717, 1.165) is 17.0 Å². The molecule has 3 rings (SSSR count). The summed E-state index contributed by atoms with van der Waals surface area (Å²) >= 11 is 0. The van der Waals surface area contributed by atoms with Crippen LogP contribution in [-0.2, 0) is 16.1 Å². The SMILES string of the molecule is C[C@@H](NC(=O)C(=O)NCCCn1ccnc1-c1ccccc1)c1ccccc1. The molecule has 28 heavy (non-hydrogen) atoms. The largest absolute Gasteiger partial charge is 0.348 e. The first-order valence-corrected chi connectivity index (χ1v) is 9.35. The van der Waals surface area contributed by atoms with Gasteiger partial charge >= 0.3 is 11.8 Å². The molecule has 0 spiro atoms. The fourth-order valence-corrected chi connectivity index (χ4v) is 2.96. The Morgan fingerprint density at radius 2 is 1.68 bits per heavy atom. The Morgan fingerprint density at radius 3 is 2.39 bits per heavy atom. The number of carbonyl (C=O) groups excluding carboxylic acids is 2. The molecule has 0 saturated carbocycles. The molecule has 0 aliphatic heterocycles. The monoisotopic (exact) mass is 376 g/mol. The van der Waals surface area contributed by atoms with Gasteiger partial charge in [-0.15, -0.1) is 0 Å². The standard InChI is InChI=1S/C22H24N4O2/c1-17(18-9-4-2-5-10-18)25-22(28)21(27)24-13-8-15-26-16-14-23-20(26)19-11-6-3-7-12-19/h2-7,9-12,14,16-17H,8,13,15H2,1H3,(H,24,27)(H,25,28)/t17-/m1/s1. The van der Waals surface area contributed by atoms with Gasteiger partial charge in [0.1, 0.15) is 5.82 Å². The van der Waals surface area contributed by atoms with Crippen molar-refractivity contribution >= 4 is 11.8 Å². The van der Waals surface area contributed by atoms with E-state index in [1.165, 1.54) is 0 Å². The van der Waals surface area contributed by atoms with Crippen LogP contribution in [0.25, 0.3) is 11.4 Å². The normalized spacial score (nSPS) is 11.6. The molecule has 1 aromatic heterocycles. The van der Waals surface area contributed by atoms with E-state index in [9.17, 15) is 9.59 Å². The van der Waals surface area contributed by atoms with E-state index in [0.29, 0.717) is 19.5 Å². The van der Waals surface area contributed by atoms with Crippen LogP contribution in [0.5, 0.6) is 0 Å². The summed E-state index contributed by atoms with van der Waals surface area (Å²) in [7, 11) is 0. The van der Waals surface area contributed by atoms with E-state index in [1.54, 1.807) is 6.20 Å². The average molecular weight is 376 g/mol. The number of aryl methyl sites for hydroxylation is 1. The van der Waals surface area contributed by atoms with Gasteiger partial charge in [-0.05, 0) is 18.9 Å². The molecule has 0 aliphatic rings. The molecular formula is C22H24N4O2. The Labute approximate surface area is 164 Å². The van der Waals surface area contributed by atoms with Gasteiger partial charge in [0.05, 0.1) is 6.04 Å². The third-order valence-corrected chi connectivity index (χ3v) is 4.46. The second kappa shape index (κ2) is 9.50. The van der Waals surface area contributed by atoms with E-state index in [4.69, 9.17) is 0 Å². The second-order valence-corrected chi connectivity index (χ2v) is 6.53. The zero-order chi connectivity index (χ0) is 19.8. The smallest absolute Gasteiger partial charge is 0.309 e. The summed E-state index contributed by atoms with van der Waals surface area (Å²) in [6.07, 6.45) is 4.38. The average Bonchev–Trinajstić information content (AvgIpc) is 3.20. The van der Waals surface area contributed by atoms with Crippen molar-refractivity contribution in [1.82, 2.24) is 20.2 Å². The maximum absolute atomic E-state index is 12.1.